The molecule has 2 saturated heterocycles. The van der Waals surface area contributed by atoms with E-state index in [4.69, 9.17) is 19.4 Å². The SMILES string of the molecule is CCCNC(=O)C1(C)COC(c2nc(-c3ccc(F)cc3)c(-c3ccnc(NC4CCNCC4)n3)[nH]2)OC1. The summed E-state index contributed by atoms with van der Waals surface area (Å²) in [5.41, 5.74) is 1.79. The van der Waals surface area contributed by atoms with Gasteiger partial charge >= 0.3 is 0 Å². The molecule has 1 aromatic carbocycles. The standard InChI is InChI=1S/C27H34FN7O3/c1-3-11-30-25(36)27(2)15-37-24(38-16-27)23-34-21(17-4-6-18(28)7-5-17)22(35-23)20-10-14-31-26(33-20)32-19-8-12-29-13-9-19/h4-7,10,14,19,24,29H,3,8-9,11-13,15-16H2,1-2H3,(H,30,36)(H,34,35)(H,31,32,33). The number of anilines is 1. The van der Waals surface area contributed by atoms with Crippen LogP contribution in [0.1, 0.15) is 45.2 Å². The van der Waals surface area contributed by atoms with Crippen LogP contribution >= 0.6 is 0 Å². The highest BCUT2D eigenvalue weighted by atomic mass is 19.1. The zero-order valence-electron chi connectivity index (χ0n) is 21.7. The van der Waals surface area contributed by atoms with Gasteiger partial charge in [-0.05, 0) is 69.6 Å². The molecule has 4 heterocycles. The van der Waals surface area contributed by atoms with E-state index in [1.807, 2.05) is 13.8 Å². The van der Waals surface area contributed by atoms with E-state index in [1.54, 1.807) is 24.4 Å². The summed E-state index contributed by atoms with van der Waals surface area (Å²) < 4.78 is 25.6. The number of hydrogen-bond acceptors (Lipinski definition) is 8. The van der Waals surface area contributed by atoms with Gasteiger partial charge in [0.1, 0.15) is 5.82 Å². The number of imidazole rings is 1. The second-order valence-corrected chi connectivity index (χ2v) is 10.1. The van der Waals surface area contributed by atoms with Gasteiger partial charge < -0.3 is 30.4 Å². The number of nitrogens with zero attached hydrogens (tertiary/aromatic N) is 3. The molecule has 0 atom stereocenters. The summed E-state index contributed by atoms with van der Waals surface area (Å²) in [6, 6.07) is 8.23. The Balaban J connectivity index is 1.41. The Hall–Kier alpha value is -3.41. The number of aromatic amines is 1. The van der Waals surface area contributed by atoms with E-state index < -0.39 is 11.7 Å². The van der Waals surface area contributed by atoms with Crippen molar-refractivity contribution in [3.05, 3.63) is 48.2 Å². The molecule has 38 heavy (non-hydrogen) atoms. The Morgan fingerprint density at radius 1 is 1.13 bits per heavy atom. The first kappa shape index (κ1) is 26.2. The van der Waals surface area contributed by atoms with E-state index in [1.165, 1.54) is 12.1 Å². The molecule has 1 amide bonds. The summed E-state index contributed by atoms with van der Waals surface area (Å²) in [5, 5.41) is 9.70. The van der Waals surface area contributed by atoms with Gasteiger partial charge in [-0.1, -0.05) is 6.92 Å². The van der Waals surface area contributed by atoms with Crippen LogP contribution in [0, 0.1) is 11.2 Å². The van der Waals surface area contributed by atoms with Crippen molar-refractivity contribution in [1.82, 2.24) is 30.6 Å². The second-order valence-electron chi connectivity index (χ2n) is 10.1. The molecule has 2 aromatic heterocycles. The molecule has 3 aromatic rings. The normalized spacial score (nSPS) is 22.2. The van der Waals surface area contributed by atoms with Crippen molar-refractivity contribution in [2.45, 2.75) is 45.4 Å². The van der Waals surface area contributed by atoms with E-state index in [2.05, 4.69) is 25.9 Å². The van der Waals surface area contributed by atoms with Crippen LogP contribution in [0.3, 0.4) is 0 Å². The summed E-state index contributed by atoms with van der Waals surface area (Å²) in [7, 11) is 0. The van der Waals surface area contributed by atoms with E-state index in [-0.39, 0.29) is 24.9 Å². The summed E-state index contributed by atoms with van der Waals surface area (Å²) in [6.45, 7) is 6.72. The van der Waals surface area contributed by atoms with Gasteiger partial charge in [-0.15, -0.1) is 0 Å². The molecule has 2 aliphatic heterocycles. The fourth-order valence-electron chi connectivity index (χ4n) is 4.57. The highest BCUT2D eigenvalue weighted by molar-refractivity contribution is 5.82. The van der Waals surface area contributed by atoms with Crippen LogP contribution in [-0.4, -0.2) is 64.7 Å². The Labute approximate surface area is 221 Å². The molecule has 0 radical (unpaired) electrons. The van der Waals surface area contributed by atoms with Gasteiger partial charge in [0.2, 0.25) is 18.1 Å². The van der Waals surface area contributed by atoms with E-state index in [9.17, 15) is 9.18 Å². The molecule has 2 aliphatic rings. The van der Waals surface area contributed by atoms with Crippen molar-refractivity contribution in [3.8, 4) is 22.6 Å². The summed E-state index contributed by atoms with van der Waals surface area (Å²) in [4.78, 5) is 29.9. The van der Waals surface area contributed by atoms with Crippen molar-refractivity contribution in [1.29, 1.82) is 0 Å². The quantitative estimate of drug-likeness (QED) is 0.354. The second kappa shape index (κ2) is 11.5. The lowest BCUT2D eigenvalue weighted by Crippen LogP contribution is -2.48. The maximum atomic E-state index is 13.7. The number of halogens is 1. The maximum absolute atomic E-state index is 13.7. The molecule has 0 spiro atoms. The first-order chi connectivity index (χ1) is 18.4. The summed E-state index contributed by atoms with van der Waals surface area (Å²) in [5.74, 6) is 0.553. The van der Waals surface area contributed by atoms with Gasteiger partial charge in [0.05, 0.1) is 35.7 Å². The van der Waals surface area contributed by atoms with Gasteiger partial charge in [-0.2, -0.15) is 0 Å². The van der Waals surface area contributed by atoms with Gasteiger partial charge in [0.15, 0.2) is 5.82 Å². The average Bonchev–Trinajstić information content (AvgIpc) is 3.39. The molecule has 11 heteroatoms. The predicted octanol–water partition coefficient (Wildman–Crippen LogP) is 3.41. The summed E-state index contributed by atoms with van der Waals surface area (Å²) >= 11 is 0. The highest BCUT2D eigenvalue weighted by Crippen LogP contribution is 2.35. The van der Waals surface area contributed by atoms with Crippen LogP contribution in [0.4, 0.5) is 10.3 Å². The monoisotopic (exact) mass is 523 g/mol. The molecule has 10 nitrogen and oxygen atoms in total. The van der Waals surface area contributed by atoms with Crippen LogP contribution in [0.2, 0.25) is 0 Å². The Morgan fingerprint density at radius 3 is 2.58 bits per heavy atom. The van der Waals surface area contributed by atoms with Gasteiger partial charge in [0, 0.05) is 24.3 Å². The number of carbonyl (C=O) groups is 1. The lowest BCUT2D eigenvalue weighted by molar-refractivity contribution is -0.231. The summed E-state index contributed by atoms with van der Waals surface area (Å²) in [6.07, 6.45) is 3.76. The Morgan fingerprint density at radius 2 is 1.87 bits per heavy atom. The first-order valence-electron chi connectivity index (χ1n) is 13.1. The molecule has 2 fully saturated rings. The lowest BCUT2D eigenvalue weighted by Gasteiger charge is -2.35. The maximum Gasteiger partial charge on any atom is 0.230 e. The van der Waals surface area contributed by atoms with Crippen LogP contribution in [0.5, 0.6) is 0 Å². The van der Waals surface area contributed by atoms with Gasteiger partial charge in [-0.25, -0.2) is 19.3 Å². The van der Waals surface area contributed by atoms with Crippen LogP contribution < -0.4 is 16.0 Å². The number of piperidine rings is 1. The minimum Gasteiger partial charge on any atom is -0.355 e. The lowest BCUT2D eigenvalue weighted by atomic mass is 9.91. The number of H-pyrrole nitrogens is 1. The number of ether oxygens (including phenoxy) is 2. The number of nitrogens with one attached hydrogen (secondary N) is 4. The van der Waals surface area contributed by atoms with Crippen molar-refractivity contribution >= 4 is 11.9 Å². The van der Waals surface area contributed by atoms with Gasteiger partial charge in [-0.3, -0.25) is 4.79 Å². The molecular weight excluding hydrogens is 489 g/mol. The number of aromatic nitrogens is 4. The zero-order chi connectivity index (χ0) is 26.5. The average molecular weight is 524 g/mol. The van der Waals surface area contributed by atoms with Gasteiger partial charge in [0.25, 0.3) is 0 Å². The number of carbonyl (C=O) groups excluding carboxylic acids is 1. The minimum absolute atomic E-state index is 0.0975. The number of benzene rings is 1. The topological polar surface area (TPSA) is 126 Å². The molecule has 0 unspecified atom stereocenters. The van der Waals surface area contributed by atoms with Crippen LogP contribution in [-0.2, 0) is 14.3 Å². The first-order valence-corrected chi connectivity index (χ1v) is 13.1. The predicted molar refractivity (Wildman–Crippen MR) is 141 cm³/mol. The van der Waals surface area contributed by atoms with E-state index in [0.29, 0.717) is 41.4 Å². The molecule has 4 N–H and O–H groups in total. The zero-order valence-corrected chi connectivity index (χ0v) is 21.7. The fraction of sp³-hybridized carbons (Fsp3) is 0.481. The fourth-order valence-corrected chi connectivity index (χ4v) is 4.57. The molecular formula is C27H34FN7O3. The van der Waals surface area contributed by atoms with Crippen molar-refractivity contribution in [2.75, 3.05) is 38.2 Å². The van der Waals surface area contributed by atoms with Crippen molar-refractivity contribution < 1.29 is 18.7 Å². The third kappa shape index (κ3) is 5.85. The number of hydrogen-bond donors (Lipinski definition) is 4. The van der Waals surface area contributed by atoms with Crippen molar-refractivity contribution in [3.63, 3.8) is 0 Å². The third-order valence-electron chi connectivity index (χ3n) is 6.84. The number of rotatable bonds is 8. The molecule has 5 rings (SSSR count). The van der Waals surface area contributed by atoms with Crippen molar-refractivity contribution in [2.24, 2.45) is 5.41 Å². The third-order valence-corrected chi connectivity index (χ3v) is 6.84. The molecule has 0 aliphatic carbocycles. The smallest absolute Gasteiger partial charge is 0.230 e. The molecule has 0 saturated carbocycles. The van der Waals surface area contributed by atoms with Crippen LogP contribution in [0.25, 0.3) is 22.6 Å². The minimum atomic E-state index is -0.789. The molecule has 0 bridgehead atoms. The highest BCUT2D eigenvalue weighted by Gasteiger charge is 2.40. The Kier molecular flexibility index (Phi) is 7.96. The molecule has 202 valence electrons. The number of amides is 1. The largest absolute Gasteiger partial charge is 0.355 e. The van der Waals surface area contributed by atoms with E-state index in [0.717, 1.165) is 37.9 Å². The Bertz CT molecular complexity index is 1240. The van der Waals surface area contributed by atoms with Crippen LogP contribution in [0.15, 0.2) is 36.5 Å². The van der Waals surface area contributed by atoms with E-state index >= 15 is 0 Å².